The predicted octanol–water partition coefficient (Wildman–Crippen LogP) is 2.60. The molecule has 4 rings (SSSR count). The van der Waals surface area contributed by atoms with Gasteiger partial charge in [-0.05, 0) is 61.3 Å². The van der Waals surface area contributed by atoms with Crippen LogP contribution in [0.2, 0.25) is 0 Å². The van der Waals surface area contributed by atoms with Crippen LogP contribution in [0.1, 0.15) is 35.1 Å². The average Bonchev–Trinajstić information content (AvgIpc) is 2.48. The molecule has 0 amide bonds. The Kier molecular flexibility index (Phi) is 2.49. The molecule has 0 atom stereocenters. The minimum absolute atomic E-state index is 0.105. The third kappa shape index (κ3) is 1.56. The Hall–Kier alpha value is -2.03. The molecule has 0 radical (unpaired) electrons. The second-order valence-electron chi connectivity index (χ2n) is 5.85. The number of aromatic nitrogens is 1. The van der Waals surface area contributed by atoms with E-state index in [4.69, 9.17) is 5.73 Å². The summed E-state index contributed by atoms with van der Waals surface area (Å²) >= 11 is 0. The predicted molar refractivity (Wildman–Crippen MR) is 81.0 cm³/mol. The summed E-state index contributed by atoms with van der Waals surface area (Å²) in [5.74, 6) is 0. The third-order valence-electron chi connectivity index (χ3n) is 4.75. The number of pyridine rings is 1. The smallest absolute Gasteiger partial charge is 0.251 e. The zero-order valence-electron chi connectivity index (χ0n) is 11.5. The van der Waals surface area contributed by atoms with Crippen LogP contribution < -0.4 is 11.3 Å². The van der Waals surface area contributed by atoms with E-state index in [1.54, 1.807) is 0 Å². The molecule has 0 fully saturated rings. The first kappa shape index (κ1) is 11.8. The van der Waals surface area contributed by atoms with Crippen molar-refractivity contribution in [3.05, 3.63) is 50.8 Å². The Bertz CT molecular complexity index is 758. The summed E-state index contributed by atoms with van der Waals surface area (Å²) in [6, 6.07) is 6.00. The summed E-state index contributed by atoms with van der Waals surface area (Å²) in [7, 11) is 0. The second kappa shape index (κ2) is 4.23. The number of fused-ring (bicyclic) bond motifs is 5. The molecule has 2 aliphatic rings. The van der Waals surface area contributed by atoms with Gasteiger partial charge in [-0.25, -0.2) is 0 Å². The molecular formula is C17H18N2O. The van der Waals surface area contributed by atoms with E-state index in [0.717, 1.165) is 54.6 Å². The normalized spacial score (nSPS) is 16.2. The zero-order valence-corrected chi connectivity index (χ0v) is 11.5. The fourth-order valence-electron chi connectivity index (χ4n) is 3.78. The monoisotopic (exact) mass is 266 g/mol. The molecular weight excluding hydrogens is 248 g/mol. The SMILES string of the molecule is Nc1cccc2c1CCc1c-2[nH]c(=O)c2c1CCCC2. The van der Waals surface area contributed by atoms with Crippen LogP contribution in [0, 0.1) is 0 Å². The lowest BCUT2D eigenvalue weighted by Crippen LogP contribution is -2.24. The van der Waals surface area contributed by atoms with E-state index in [-0.39, 0.29) is 5.56 Å². The number of nitrogens with one attached hydrogen (secondary N) is 1. The number of nitrogen functional groups attached to an aromatic ring is 1. The number of rotatable bonds is 0. The molecule has 3 nitrogen and oxygen atoms in total. The largest absolute Gasteiger partial charge is 0.398 e. The van der Waals surface area contributed by atoms with Crippen molar-refractivity contribution in [2.24, 2.45) is 0 Å². The molecule has 1 aromatic heterocycles. The quantitative estimate of drug-likeness (QED) is 0.720. The van der Waals surface area contributed by atoms with Crippen molar-refractivity contribution in [2.45, 2.75) is 38.5 Å². The lowest BCUT2D eigenvalue weighted by molar-refractivity contribution is 0.666. The van der Waals surface area contributed by atoms with Crippen LogP contribution in [0.4, 0.5) is 5.69 Å². The summed E-state index contributed by atoms with van der Waals surface area (Å²) in [5, 5.41) is 0. The standard InChI is InChI=1S/C17H18N2O/c18-15-7-3-6-12-11(15)8-9-13-10-4-1-2-5-14(10)17(20)19-16(12)13/h3,6-7H,1-2,4-5,8-9,18H2,(H,19,20). The zero-order chi connectivity index (χ0) is 13.7. The maximum atomic E-state index is 12.3. The first-order valence-electron chi connectivity index (χ1n) is 7.40. The van der Waals surface area contributed by atoms with Crippen molar-refractivity contribution >= 4 is 5.69 Å². The Morgan fingerprint density at radius 3 is 2.50 bits per heavy atom. The topological polar surface area (TPSA) is 58.9 Å². The van der Waals surface area contributed by atoms with Crippen molar-refractivity contribution in [2.75, 3.05) is 5.73 Å². The third-order valence-corrected chi connectivity index (χ3v) is 4.75. The van der Waals surface area contributed by atoms with Gasteiger partial charge in [-0.1, -0.05) is 12.1 Å². The van der Waals surface area contributed by atoms with Crippen LogP contribution in [0.15, 0.2) is 23.0 Å². The van der Waals surface area contributed by atoms with E-state index in [2.05, 4.69) is 11.1 Å². The number of anilines is 1. The van der Waals surface area contributed by atoms with Crippen molar-refractivity contribution in [3.8, 4) is 11.3 Å². The number of nitrogens with two attached hydrogens (primary N) is 1. The van der Waals surface area contributed by atoms with Crippen LogP contribution in [-0.2, 0) is 25.7 Å². The fraction of sp³-hybridized carbons (Fsp3) is 0.353. The van der Waals surface area contributed by atoms with Gasteiger partial charge < -0.3 is 10.7 Å². The van der Waals surface area contributed by atoms with Crippen molar-refractivity contribution in [1.29, 1.82) is 0 Å². The molecule has 0 saturated heterocycles. The van der Waals surface area contributed by atoms with Gasteiger partial charge in [-0.15, -0.1) is 0 Å². The van der Waals surface area contributed by atoms with E-state index >= 15 is 0 Å². The fourth-order valence-corrected chi connectivity index (χ4v) is 3.78. The van der Waals surface area contributed by atoms with Gasteiger partial charge in [-0.3, -0.25) is 4.79 Å². The highest BCUT2D eigenvalue weighted by atomic mass is 16.1. The highest BCUT2D eigenvalue weighted by Crippen LogP contribution is 2.37. The summed E-state index contributed by atoms with van der Waals surface area (Å²) in [6.07, 6.45) is 6.30. The molecule has 3 N–H and O–H groups in total. The summed E-state index contributed by atoms with van der Waals surface area (Å²) in [4.78, 5) is 15.5. The molecule has 1 aromatic carbocycles. The molecule has 3 heteroatoms. The Morgan fingerprint density at radius 2 is 1.65 bits per heavy atom. The van der Waals surface area contributed by atoms with Crippen LogP contribution in [-0.4, -0.2) is 4.98 Å². The molecule has 102 valence electrons. The van der Waals surface area contributed by atoms with Crippen LogP contribution in [0.3, 0.4) is 0 Å². The Labute approximate surface area is 117 Å². The number of H-pyrrole nitrogens is 1. The first-order valence-corrected chi connectivity index (χ1v) is 7.40. The van der Waals surface area contributed by atoms with Crippen molar-refractivity contribution in [1.82, 2.24) is 4.98 Å². The van der Waals surface area contributed by atoms with Gasteiger partial charge in [0.1, 0.15) is 0 Å². The molecule has 0 unspecified atom stereocenters. The number of hydrogen-bond acceptors (Lipinski definition) is 2. The van der Waals surface area contributed by atoms with E-state index in [1.807, 2.05) is 12.1 Å². The highest BCUT2D eigenvalue weighted by Gasteiger charge is 2.25. The van der Waals surface area contributed by atoms with Crippen molar-refractivity contribution in [3.63, 3.8) is 0 Å². The first-order chi connectivity index (χ1) is 9.75. The number of aromatic amines is 1. The minimum atomic E-state index is 0.105. The van der Waals surface area contributed by atoms with Gasteiger partial charge in [0.05, 0.1) is 5.69 Å². The molecule has 0 aliphatic heterocycles. The molecule has 1 heterocycles. The van der Waals surface area contributed by atoms with Crippen LogP contribution in [0.25, 0.3) is 11.3 Å². The van der Waals surface area contributed by atoms with Crippen LogP contribution >= 0.6 is 0 Å². The Morgan fingerprint density at radius 1 is 0.900 bits per heavy atom. The maximum absolute atomic E-state index is 12.3. The summed E-state index contributed by atoms with van der Waals surface area (Å²) in [6.45, 7) is 0. The number of benzene rings is 1. The van der Waals surface area contributed by atoms with Crippen molar-refractivity contribution < 1.29 is 0 Å². The Balaban J connectivity index is 2.03. The minimum Gasteiger partial charge on any atom is -0.398 e. The van der Waals surface area contributed by atoms with Gasteiger partial charge in [-0.2, -0.15) is 0 Å². The lowest BCUT2D eigenvalue weighted by atomic mass is 9.81. The van der Waals surface area contributed by atoms with Crippen LogP contribution in [0.5, 0.6) is 0 Å². The van der Waals surface area contributed by atoms with Gasteiger partial charge in [0.15, 0.2) is 0 Å². The molecule has 20 heavy (non-hydrogen) atoms. The van der Waals surface area contributed by atoms with Gasteiger partial charge in [0.2, 0.25) is 0 Å². The average molecular weight is 266 g/mol. The molecule has 2 aromatic rings. The van der Waals surface area contributed by atoms with E-state index in [9.17, 15) is 4.79 Å². The molecule has 2 aliphatic carbocycles. The second-order valence-corrected chi connectivity index (χ2v) is 5.85. The van der Waals surface area contributed by atoms with E-state index in [1.165, 1.54) is 23.1 Å². The maximum Gasteiger partial charge on any atom is 0.251 e. The van der Waals surface area contributed by atoms with Gasteiger partial charge in [0.25, 0.3) is 5.56 Å². The van der Waals surface area contributed by atoms with E-state index in [0.29, 0.717) is 0 Å². The molecule has 0 bridgehead atoms. The highest BCUT2D eigenvalue weighted by molar-refractivity contribution is 5.76. The van der Waals surface area contributed by atoms with E-state index < -0.39 is 0 Å². The summed E-state index contributed by atoms with van der Waals surface area (Å²) in [5.41, 5.74) is 14.1. The lowest BCUT2D eigenvalue weighted by Gasteiger charge is -2.26. The van der Waals surface area contributed by atoms with Gasteiger partial charge in [0, 0.05) is 16.8 Å². The summed E-state index contributed by atoms with van der Waals surface area (Å²) < 4.78 is 0. The number of hydrogen-bond donors (Lipinski definition) is 2. The van der Waals surface area contributed by atoms with Gasteiger partial charge >= 0.3 is 0 Å². The molecule has 0 saturated carbocycles. The molecule has 0 spiro atoms.